The molecule has 0 unspecified atom stereocenters. The van der Waals surface area contributed by atoms with Gasteiger partial charge in [-0.2, -0.15) is 5.26 Å². The van der Waals surface area contributed by atoms with Gasteiger partial charge in [0.2, 0.25) is 0 Å². The lowest BCUT2D eigenvalue weighted by atomic mass is 10.1. The summed E-state index contributed by atoms with van der Waals surface area (Å²) in [5.74, 6) is 0. The summed E-state index contributed by atoms with van der Waals surface area (Å²) in [5.41, 5.74) is 2.08. The van der Waals surface area contributed by atoms with Gasteiger partial charge in [0, 0.05) is 10.4 Å². The second-order valence-corrected chi connectivity index (χ2v) is 4.85. The highest BCUT2D eigenvalue weighted by molar-refractivity contribution is 7.17. The van der Waals surface area contributed by atoms with Crippen LogP contribution in [0.25, 0.3) is 21.3 Å². The first-order valence-corrected chi connectivity index (χ1v) is 6.27. The summed E-state index contributed by atoms with van der Waals surface area (Å²) >= 11 is 1.54. The third kappa shape index (κ3) is 1.71. The van der Waals surface area contributed by atoms with E-state index in [1.165, 1.54) is 11.3 Å². The van der Waals surface area contributed by atoms with Gasteiger partial charge in [-0.1, -0.05) is 12.1 Å². The highest BCUT2D eigenvalue weighted by Crippen LogP contribution is 2.23. The molecule has 0 fully saturated rings. The zero-order chi connectivity index (χ0) is 12.5. The average Bonchev–Trinajstić information content (AvgIpc) is 2.87. The number of nitriles is 1. The van der Waals surface area contributed by atoms with Crippen LogP contribution >= 0.6 is 11.3 Å². The van der Waals surface area contributed by atoms with Crippen molar-refractivity contribution < 1.29 is 0 Å². The molecule has 0 saturated heterocycles. The van der Waals surface area contributed by atoms with Gasteiger partial charge in [-0.25, -0.2) is 0 Å². The fourth-order valence-electron chi connectivity index (χ4n) is 1.89. The fraction of sp³-hybridized carbons (Fsp3) is 0. The molecule has 4 heteroatoms. The number of thiophene rings is 1. The molecule has 0 spiro atoms. The maximum absolute atomic E-state index is 11.9. The molecule has 0 aliphatic carbocycles. The first-order valence-electron chi connectivity index (χ1n) is 5.39. The van der Waals surface area contributed by atoms with E-state index in [0.29, 0.717) is 10.9 Å². The highest BCUT2D eigenvalue weighted by atomic mass is 32.1. The van der Waals surface area contributed by atoms with Crippen LogP contribution in [0.5, 0.6) is 0 Å². The molecule has 86 valence electrons. The Hall–Kier alpha value is -2.38. The smallest absolute Gasteiger partial charge is 0.257 e. The van der Waals surface area contributed by atoms with Gasteiger partial charge in [-0.05, 0) is 35.2 Å². The van der Waals surface area contributed by atoms with Crippen molar-refractivity contribution in [3.05, 3.63) is 57.7 Å². The summed E-state index contributed by atoms with van der Waals surface area (Å²) in [5, 5.41) is 11.5. The number of pyridine rings is 1. The quantitative estimate of drug-likeness (QED) is 0.723. The van der Waals surface area contributed by atoms with Crippen LogP contribution in [0.3, 0.4) is 0 Å². The molecule has 0 atom stereocenters. The van der Waals surface area contributed by atoms with Crippen molar-refractivity contribution >= 4 is 21.4 Å². The molecule has 3 rings (SSSR count). The Bertz CT molecular complexity index is 823. The second-order valence-electron chi connectivity index (χ2n) is 3.90. The predicted molar refractivity (Wildman–Crippen MR) is 72.6 cm³/mol. The van der Waals surface area contributed by atoms with Crippen molar-refractivity contribution in [2.75, 3.05) is 0 Å². The number of H-pyrrole nitrogens is 1. The van der Waals surface area contributed by atoms with Crippen LogP contribution < -0.4 is 5.56 Å². The molecule has 0 aliphatic rings. The molecule has 0 saturated carbocycles. The van der Waals surface area contributed by atoms with Crippen LogP contribution in [0.15, 0.2) is 46.6 Å². The topological polar surface area (TPSA) is 56.6 Å². The van der Waals surface area contributed by atoms with Gasteiger partial charge in [0.05, 0.1) is 17.0 Å². The highest BCUT2D eigenvalue weighted by Gasteiger charge is 2.05. The minimum Gasteiger partial charge on any atom is -0.321 e. The summed E-state index contributed by atoms with van der Waals surface area (Å²) in [6.07, 6.45) is 0. The lowest BCUT2D eigenvalue weighted by Gasteiger charge is -2.02. The number of fused-ring (bicyclic) bond motifs is 1. The van der Waals surface area contributed by atoms with Gasteiger partial charge in [0.15, 0.2) is 0 Å². The maximum atomic E-state index is 11.9. The third-order valence-corrected chi connectivity index (χ3v) is 3.63. The van der Waals surface area contributed by atoms with Crippen LogP contribution in [-0.4, -0.2) is 4.98 Å². The predicted octanol–water partition coefficient (Wildman–Crippen LogP) is 3.13. The first kappa shape index (κ1) is 10.8. The van der Waals surface area contributed by atoms with Crippen molar-refractivity contribution in [3.8, 4) is 17.3 Å². The zero-order valence-electron chi connectivity index (χ0n) is 9.31. The standard InChI is InChI=1S/C14H8N2OS/c15-8-9-2-1-3-10(6-9)12-7-13-11(4-5-18-13)14(17)16-12/h1-7H,(H,16,17). The van der Waals surface area contributed by atoms with Crippen molar-refractivity contribution in [2.45, 2.75) is 0 Å². The zero-order valence-corrected chi connectivity index (χ0v) is 10.1. The molecular weight excluding hydrogens is 244 g/mol. The molecule has 0 bridgehead atoms. The molecule has 1 aromatic carbocycles. The lowest BCUT2D eigenvalue weighted by Crippen LogP contribution is -2.05. The van der Waals surface area contributed by atoms with E-state index >= 15 is 0 Å². The molecular formula is C14H8N2OS. The molecule has 3 nitrogen and oxygen atoms in total. The summed E-state index contributed by atoms with van der Waals surface area (Å²) in [6, 6.07) is 13.1. The Morgan fingerprint density at radius 2 is 2.11 bits per heavy atom. The van der Waals surface area contributed by atoms with Crippen LogP contribution in [0.1, 0.15) is 5.56 Å². The van der Waals surface area contributed by atoms with E-state index in [1.807, 2.05) is 29.6 Å². The number of aromatic amines is 1. The molecule has 0 amide bonds. The Labute approximate surface area is 107 Å². The Balaban J connectivity index is 2.25. The number of rotatable bonds is 1. The average molecular weight is 252 g/mol. The largest absolute Gasteiger partial charge is 0.321 e. The molecule has 1 N–H and O–H groups in total. The van der Waals surface area contributed by atoms with Gasteiger partial charge in [0.1, 0.15) is 0 Å². The van der Waals surface area contributed by atoms with E-state index < -0.39 is 0 Å². The Morgan fingerprint density at radius 1 is 1.22 bits per heavy atom. The van der Waals surface area contributed by atoms with Crippen LogP contribution in [0.2, 0.25) is 0 Å². The second kappa shape index (κ2) is 4.13. The minimum absolute atomic E-state index is 0.0916. The number of aromatic nitrogens is 1. The van der Waals surface area contributed by atoms with Gasteiger partial charge >= 0.3 is 0 Å². The van der Waals surface area contributed by atoms with Gasteiger partial charge in [0.25, 0.3) is 5.56 Å². The van der Waals surface area contributed by atoms with Crippen molar-refractivity contribution in [1.29, 1.82) is 5.26 Å². The van der Waals surface area contributed by atoms with E-state index in [4.69, 9.17) is 5.26 Å². The van der Waals surface area contributed by atoms with E-state index in [0.717, 1.165) is 16.0 Å². The normalized spacial score (nSPS) is 10.4. The van der Waals surface area contributed by atoms with Gasteiger partial charge in [-0.3, -0.25) is 4.79 Å². The van der Waals surface area contributed by atoms with Crippen molar-refractivity contribution in [2.24, 2.45) is 0 Å². The van der Waals surface area contributed by atoms with E-state index in [1.54, 1.807) is 12.1 Å². The van der Waals surface area contributed by atoms with Crippen LogP contribution in [-0.2, 0) is 0 Å². The number of benzene rings is 1. The van der Waals surface area contributed by atoms with Crippen LogP contribution in [0.4, 0.5) is 0 Å². The van der Waals surface area contributed by atoms with Gasteiger partial charge in [-0.15, -0.1) is 11.3 Å². The Kier molecular flexibility index (Phi) is 2.47. The summed E-state index contributed by atoms with van der Waals surface area (Å²) in [6.45, 7) is 0. The van der Waals surface area contributed by atoms with E-state index in [9.17, 15) is 4.79 Å². The van der Waals surface area contributed by atoms with Gasteiger partial charge < -0.3 is 4.98 Å². The maximum Gasteiger partial charge on any atom is 0.257 e. The molecule has 3 aromatic rings. The number of hydrogen-bond acceptors (Lipinski definition) is 3. The molecule has 0 aliphatic heterocycles. The monoisotopic (exact) mass is 252 g/mol. The summed E-state index contributed by atoms with van der Waals surface area (Å²) < 4.78 is 0.955. The number of nitrogens with one attached hydrogen (secondary N) is 1. The number of nitrogens with zero attached hydrogens (tertiary/aromatic N) is 1. The minimum atomic E-state index is -0.0916. The fourth-order valence-corrected chi connectivity index (χ4v) is 2.71. The molecule has 0 radical (unpaired) electrons. The summed E-state index contributed by atoms with van der Waals surface area (Å²) in [4.78, 5) is 14.7. The van der Waals surface area contributed by atoms with Crippen molar-refractivity contribution in [1.82, 2.24) is 4.98 Å². The summed E-state index contributed by atoms with van der Waals surface area (Å²) in [7, 11) is 0. The van der Waals surface area contributed by atoms with Crippen molar-refractivity contribution in [3.63, 3.8) is 0 Å². The van der Waals surface area contributed by atoms with E-state index in [-0.39, 0.29) is 5.56 Å². The van der Waals surface area contributed by atoms with E-state index in [2.05, 4.69) is 11.1 Å². The SMILES string of the molecule is N#Cc1cccc(-c2cc3sccc3c(=O)[nH]2)c1. The molecule has 2 aromatic heterocycles. The number of hydrogen-bond donors (Lipinski definition) is 1. The first-order chi connectivity index (χ1) is 8.78. The van der Waals surface area contributed by atoms with Crippen LogP contribution in [0, 0.1) is 11.3 Å². The molecule has 18 heavy (non-hydrogen) atoms. The molecule has 2 heterocycles. The Morgan fingerprint density at radius 3 is 2.94 bits per heavy atom. The third-order valence-electron chi connectivity index (χ3n) is 2.77. The lowest BCUT2D eigenvalue weighted by molar-refractivity contribution is 1.28.